The molecule has 0 aliphatic carbocycles. The highest BCUT2D eigenvalue weighted by Crippen LogP contribution is 2.07. The van der Waals surface area contributed by atoms with Crippen molar-refractivity contribution in [1.29, 1.82) is 0 Å². The van der Waals surface area contributed by atoms with Gasteiger partial charge in [-0.1, -0.05) is 4.99 Å². The van der Waals surface area contributed by atoms with Gasteiger partial charge in [0.25, 0.3) is 0 Å². The van der Waals surface area contributed by atoms with Gasteiger partial charge >= 0.3 is 12.0 Å². The number of fused-ring (bicyclic) bond motifs is 1. The first kappa shape index (κ1) is 7.58. The molecular weight excluding hydrogens is 180 g/mol. The molecule has 2 unspecified atom stereocenters. The molecule has 0 radical (unpaired) electrons. The number of nitrogens with one attached hydrogen (secondary N) is 3. The smallest absolute Gasteiger partial charge is 0.413 e. The van der Waals surface area contributed by atoms with Gasteiger partial charge in [-0.15, -0.1) is 4.86 Å². The van der Waals surface area contributed by atoms with Crippen molar-refractivity contribution in [3.63, 3.8) is 0 Å². The summed E-state index contributed by atoms with van der Waals surface area (Å²) in [5, 5.41) is 28.6. The Balaban J connectivity index is 2.14. The highest BCUT2D eigenvalue weighted by molar-refractivity contribution is 5.82. The van der Waals surface area contributed by atoms with E-state index in [0.717, 1.165) is 0 Å². The Morgan fingerprint density at radius 2 is 2.31 bits per heavy atom. The number of hydroxylamine groups is 1. The number of rotatable bonds is 0. The predicted octanol–water partition coefficient (Wildman–Crippen LogP) is -1.74. The number of urea groups is 1. The summed E-state index contributed by atoms with van der Waals surface area (Å²) in [6, 6.07) is -0.358. The highest BCUT2D eigenvalue weighted by Gasteiger charge is 2.44. The van der Waals surface area contributed by atoms with Gasteiger partial charge in [0.15, 0.2) is 0 Å². The third-order valence-electron chi connectivity index (χ3n) is 1.69. The van der Waals surface area contributed by atoms with Crippen LogP contribution in [-0.2, 0) is 0 Å². The Bertz CT molecular complexity index is 311. The Morgan fingerprint density at radius 3 is 2.92 bits per heavy atom. The van der Waals surface area contributed by atoms with Crippen molar-refractivity contribution in [2.75, 3.05) is 0 Å². The number of aliphatic imine (C=N–C) groups is 1. The quantitative estimate of drug-likeness (QED) is 0.203. The van der Waals surface area contributed by atoms with Gasteiger partial charge in [-0.05, 0) is 0 Å². The fourth-order valence-electron chi connectivity index (χ4n) is 1.16. The zero-order valence-electron chi connectivity index (χ0n) is 6.26. The Labute approximate surface area is 71.7 Å². The van der Waals surface area contributed by atoms with Crippen LogP contribution in [0.2, 0.25) is 0 Å². The average Bonchev–Trinajstić information content (AvgIpc) is 2.59. The first-order valence-corrected chi connectivity index (χ1v) is 3.44. The molecule has 0 saturated carbocycles. The van der Waals surface area contributed by atoms with Crippen molar-refractivity contribution in [1.82, 2.24) is 16.0 Å². The molecule has 0 bridgehead atoms. The van der Waals surface area contributed by atoms with Crippen molar-refractivity contribution < 1.29 is 14.9 Å². The molecule has 9 heteroatoms. The fourth-order valence-corrected chi connectivity index (χ4v) is 1.16. The molecule has 2 aliphatic heterocycles. The van der Waals surface area contributed by atoms with Crippen LogP contribution in [0, 0.1) is 5.21 Å². The summed E-state index contributed by atoms with van der Waals surface area (Å²) in [6.45, 7) is 0. The fraction of sp³-hybridized carbons (Fsp3) is 0.500. The van der Waals surface area contributed by atoms with Gasteiger partial charge in [0, 0.05) is 0 Å². The maximum absolute atomic E-state index is 10.7. The number of hydrogen-bond donors (Lipinski definition) is 4. The molecule has 2 aliphatic rings. The standard InChI is InChI=1S/C4H6N6O3/c11-4-7-1-2(8-4)6-3(5-1)10(13)9-12/h1-2,12H,(H,5,6)(H2,7,8,11)/b10-9+. The van der Waals surface area contributed by atoms with Gasteiger partial charge in [-0.2, -0.15) is 0 Å². The lowest BCUT2D eigenvalue weighted by molar-refractivity contribution is -0.447. The van der Waals surface area contributed by atoms with Crippen LogP contribution >= 0.6 is 0 Å². The summed E-state index contributed by atoms with van der Waals surface area (Å²) in [4.78, 5) is 14.4. The average molecular weight is 186 g/mol. The Hall–Kier alpha value is -2.06. The van der Waals surface area contributed by atoms with Gasteiger partial charge in [0.1, 0.15) is 0 Å². The van der Waals surface area contributed by atoms with Crippen molar-refractivity contribution in [3.8, 4) is 0 Å². The first-order valence-electron chi connectivity index (χ1n) is 3.44. The third-order valence-corrected chi connectivity index (χ3v) is 1.69. The van der Waals surface area contributed by atoms with E-state index in [-0.39, 0.29) is 16.9 Å². The maximum atomic E-state index is 10.7. The SMILES string of the molecule is O=C1NC2N=C(/[N+]([O-])=N\O)NC2N1. The van der Waals surface area contributed by atoms with Gasteiger partial charge < -0.3 is 15.7 Å². The Morgan fingerprint density at radius 1 is 1.54 bits per heavy atom. The van der Waals surface area contributed by atoms with Crippen molar-refractivity contribution in [2.24, 2.45) is 10.3 Å². The summed E-state index contributed by atoms with van der Waals surface area (Å²) in [6.07, 6.45) is -0.985. The second-order valence-electron chi connectivity index (χ2n) is 2.50. The molecule has 4 N–H and O–H groups in total. The number of guanidine groups is 1. The lowest BCUT2D eigenvalue weighted by atomic mass is 10.4. The van der Waals surface area contributed by atoms with E-state index >= 15 is 0 Å². The van der Waals surface area contributed by atoms with Crippen LogP contribution in [0.4, 0.5) is 4.79 Å². The van der Waals surface area contributed by atoms with Gasteiger partial charge in [0.2, 0.25) is 12.3 Å². The van der Waals surface area contributed by atoms with Crippen molar-refractivity contribution >= 4 is 12.0 Å². The van der Waals surface area contributed by atoms with Crippen LogP contribution in [0.3, 0.4) is 0 Å². The van der Waals surface area contributed by atoms with Crippen molar-refractivity contribution in [2.45, 2.75) is 12.3 Å². The minimum Gasteiger partial charge on any atom is -0.719 e. The summed E-state index contributed by atoms with van der Waals surface area (Å²) < 4.78 is 0. The second-order valence-corrected chi connectivity index (χ2v) is 2.50. The van der Waals surface area contributed by atoms with Crippen LogP contribution in [0.15, 0.2) is 10.3 Å². The van der Waals surface area contributed by atoms with E-state index in [0.29, 0.717) is 0 Å². The zero-order chi connectivity index (χ0) is 9.42. The summed E-state index contributed by atoms with van der Waals surface area (Å²) >= 11 is 0. The van der Waals surface area contributed by atoms with E-state index in [1.165, 1.54) is 0 Å². The minimum absolute atomic E-state index is 0.0772. The minimum atomic E-state index is -0.527. The lowest BCUT2D eigenvalue weighted by Crippen LogP contribution is -2.43. The molecule has 2 atom stereocenters. The molecule has 9 nitrogen and oxygen atoms in total. The van der Waals surface area contributed by atoms with Gasteiger partial charge in [0.05, 0.1) is 5.28 Å². The van der Waals surface area contributed by atoms with E-state index < -0.39 is 12.3 Å². The number of nitrogens with zero attached hydrogens (tertiary/aromatic N) is 3. The van der Waals surface area contributed by atoms with E-state index in [2.05, 4.69) is 26.2 Å². The predicted molar refractivity (Wildman–Crippen MR) is 37.7 cm³/mol. The maximum Gasteiger partial charge on any atom is 0.413 e. The molecule has 13 heavy (non-hydrogen) atoms. The van der Waals surface area contributed by atoms with Crippen LogP contribution in [-0.4, -0.2) is 34.4 Å². The lowest BCUT2D eigenvalue weighted by Gasteiger charge is -2.04. The number of carbonyl (C=O) groups excluding carboxylic acids is 1. The largest absolute Gasteiger partial charge is 0.719 e. The monoisotopic (exact) mass is 186 g/mol. The Kier molecular flexibility index (Phi) is 1.44. The zero-order valence-corrected chi connectivity index (χ0v) is 6.26. The molecule has 2 amide bonds. The molecular formula is C4H6N6O3. The van der Waals surface area contributed by atoms with Crippen LogP contribution in [0.25, 0.3) is 0 Å². The molecule has 1 fully saturated rings. The van der Waals surface area contributed by atoms with E-state index in [9.17, 15) is 10.0 Å². The van der Waals surface area contributed by atoms with Crippen LogP contribution in [0.1, 0.15) is 0 Å². The molecule has 2 heterocycles. The number of hydrogen-bond acceptors (Lipinski definition) is 5. The normalized spacial score (nSPS) is 31.5. The molecule has 0 spiro atoms. The van der Waals surface area contributed by atoms with E-state index in [4.69, 9.17) is 5.21 Å². The molecule has 0 aromatic rings. The molecule has 0 aromatic carbocycles. The van der Waals surface area contributed by atoms with Crippen molar-refractivity contribution in [3.05, 3.63) is 5.21 Å². The molecule has 1 saturated heterocycles. The second kappa shape index (κ2) is 2.47. The van der Waals surface area contributed by atoms with Crippen LogP contribution < -0.4 is 16.0 Å². The van der Waals surface area contributed by atoms with Crippen LogP contribution in [0.5, 0.6) is 0 Å². The number of carbonyl (C=O) groups is 1. The third kappa shape index (κ3) is 1.09. The first-order chi connectivity index (χ1) is 6.20. The van der Waals surface area contributed by atoms with E-state index in [1.54, 1.807) is 0 Å². The molecule has 70 valence electrons. The van der Waals surface area contributed by atoms with Gasteiger partial charge in [-0.3, -0.25) is 5.32 Å². The summed E-state index contributed by atoms with van der Waals surface area (Å²) in [5.74, 6) is -0.148. The highest BCUT2D eigenvalue weighted by atomic mass is 16.6. The molecule has 2 rings (SSSR count). The van der Waals surface area contributed by atoms with Gasteiger partial charge in [-0.25, -0.2) is 10.1 Å². The summed E-state index contributed by atoms with van der Waals surface area (Å²) in [5.41, 5.74) is 0. The topological polar surface area (TPSA) is 124 Å². The molecule has 0 aromatic heterocycles. The summed E-state index contributed by atoms with van der Waals surface area (Å²) in [7, 11) is 0. The number of amides is 2. The van der Waals surface area contributed by atoms with E-state index in [1.807, 2.05) is 0 Å².